The zero-order chi connectivity index (χ0) is 31.4. The molecular weight excluding hydrogens is 766 g/mol. The van der Waals surface area contributed by atoms with Crippen LogP contribution in [0.5, 0.6) is 0 Å². The van der Waals surface area contributed by atoms with E-state index in [1.54, 1.807) is 0 Å². The van der Waals surface area contributed by atoms with Crippen molar-refractivity contribution < 1.29 is 44.3 Å². The van der Waals surface area contributed by atoms with Gasteiger partial charge in [-0.3, -0.25) is 0 Å². The molecule has 0 amide bonds. The van der Waals surface area contributed by atoms with Crippen LogP contribution in [-0.2, 0) is 19.5 Å². The zero-order valence-corrected chi connectivity index (χ0v) is 32.4. The number of hydrogen-bond donors (Lipinski definition) is 0. The summed E-state index contributed by atoms with van der Waals surface area (Å²) in [7, 11) is -1.45. The molecule has 6 aromatic rings. The largest absolute Gasteiger partial charge is 3.00 e. The van der Waals surface area contributed by atoms with Crippen molar-refractivity contribution in [2.24, 2.45) is 0 Å². The van der Waals surface area contributed by atoms with Gasteiger partial charge in [-0.2, -0.15) is 0 Å². The topological polar surface area (TPSA) is 27.0 Å². The van der Waals surface area contributed by atoms with Crippen LogP contribution in [0.4, 0.5) is 0 Å². The van der Waals surface area contributed by atoms with Crippen molar-refractivity contribution in [1.29, 1.82) is 0 Å². The van der Waals surface area contributed by atoms with Crippen LogP contribution in [-0.4, -0.2) is 31.1 Å². The molecule has 251 valence electrons. The third-order valence-electron chi connectivity index (χ3n) is 8.26. The first-order valence-corrected chi connectivity index (χ1v) is 18.9. The summed E-state index contributed by atoms with van der Waals surface area (Å²) in [5.41, 5.74) is 9.57. The van der Waals surface area contributed by atoms with Gasteiger partial charge in [0.15, 0.2) is 0 Å². The Morgan fingerprint density at radius 3 is 1.02 bits per heavy atom. The minimum Gasteiger partial charge on any atom is -1.00 e. The molecule has 6 aromatic carbocycles. The van der Waals surface area contributed by atoms with E-state index in [2.05, 4.69) is 175 Å². The summed E-state index contributed by atoms with van der Waals surface area (Å²) in [6.07, 6.45) is 2.69. The Bertz CT molecular complexity index is 1570. The van der Waals surface area contributed by atoms with Crippen LogP contribution in [0, 0.1) is 0 Å². The molecule has 1 aliphatic rings. The van der Waals surface area contributed by atoms with E-state index in [4.69, 9.17) is 5.73 Å². The molecule has 0 spiro atoms. The van der Waals surface area contributed by atoms with Crippen LogP contribution < -0.4 is 56.6 Å². The fourth-order valence-corrected chi connectivity index (χ4v) is 11.1. The fraction of sp³-hybridized carbons (Fsp3) is 0.143. The molecule has 2 nitrogen and oxygen atoms in total. The van der Waals surface area contributed by atoms with Crippen molar-refractivity contribution in [3.8, 4) is 11.1 Å². The van der Waals surface area contributed by atoms with Crippen LogP contribution in [0.2, 0.25) is 0 Å². The summed E-state index contributed by atoms with van der Waals surface area (Å²) < 4.78 is 0. The van der Waals surface area contributed by atoms with Crippen LogP contribution >= 0.6 is 15.8 Å². The summed E-state index contributed by atoms with van der Waals surface area (Å²) in [4.78, 5) is 2.35. The molecule has 0 unspecified atom stereocenters. The van der Waals surface area contributed by atoms with E-state index >= 15 is 0 Å². The molecule has 0 aromatic heterocycles. The van der Waals surface area contributed by atoms with Crippen molar-refractivity contribution in [3.63, 3.8) is 0 Å². The molecule has 1 aliphatic heterocycles. The third-order valence-corrected chi connectivity index (χ3v) is 13.3. The van der Waals surface area contributed by atoms with E-state index in [1.165, 1.54) is 68.9 Å². The Morgan fingerprint density at radius 2 is 0.714 bits per heavy atom. The number of likely N-dealkylation sites (tertiary alicyclic amines) is 1. The van der Waals surface area contributed by atoms with Crippen molar-refractivity contribution in [3.05, 3.63) is 176 Å². The Kier molecular flexibility index (Phi) is 17.9. The van der Waals surface area contributed by atoms with Gasteiger partial charge in [-0.25, -0.2) is 0 Å². The summed E-state index contributed by atoms with van der Waals surface area (Å²) in [6, 6.07) is 62.0. The predicted octanol–water partition coefficient (Wildman–Crippen LogP) is 2.01. The SMILES string of the molecule is [Cl-].[Cl-].[NH-]CCN1CCCC1.[Ru+3].c1ccc(P(c2ccccc2)c2ccccc2-c2ccccc2P(c2ccccc2)c2ccccc2)cc1. The normalized spacial score (nSPS) is 12.2. The molecule has 1 radical (unpaired) electrons. The standard InChI is InChI=1S/C36H28P2.C6H13N2.2ClH.Ru/c1-5-17-29(18-6-1)37(30-19-7-2-8-20-30)35-27-15-13-25-33(35)34-26-14-16-28-36(34)38(31-21-9-3-10-22-31)32-23-11-4-12-24-32;7-3-6-8-4-1-2-5-8;;;/h1-28H;7H,1-6H2;2*1H;/q;-1;;;+3/p-2. The maximum absolute atomic E-state index is 6.93. The monoisotopic (exact) mass is 807 g/mol. The van der Waals surface area contributed by atoms with Gasteiger partial charge in [0.05, 0.1) is 0 Å². The maximum atomic E-state index is 6.93. The zero-order valence-electron chi connectivity index (χ0n) is 27.4. The van der Waals surface area contributed by atoms with Crippen LogP contribution in [0.15, 0.2) is 170 Å². The average Bonchev–Trinajstić information content (AvgIpc) is 3.65. The van der Waals surface area contributed by atoms with Crippen molar-refractivity contribution in [2.45, 2.75) is 12.8 Å². The number of benzene rings is 6. The molecule has 0 atom stereocenters. The molecule has 0 bridgehead atoms. The van der Waals surface area contributed by atoms with Gasteiger partial charge in [0, 0.05) is 0 Å². The smallest absolute Gasteiger partial charge is 1.00 e. The van der Waals surface area contributed by atoms with Gasteiger partial charge >= 0.3 is 19.5 Å². The molecule has 1 fully saturated rings. The summed E-state index contributed by atoms with van der Waals surface area (Å²) in [5, 5.41) is 8.25. The second kappa shape index (κ2) is 21.5. The average molecular weight is 808 g/mol. The summed E-state index contributed by atoms with van der Waals surface area (Å²) in [6.45, 7) is 4.03. The Balaban J connectivity index is 0.000000523. The Morgan fingerprint density at radius 1 is 0.429 bits per heavy atom. The molecule has 7 rings (SSSR count). The summed E-state index contributed by atoms with van der Waals surface area (Å²) >= 11 is 0. The van der Waals surface area contributed by atoms with E-state index in [1.807, 2.05) is 0 Å². The van der Waals surface area contributed by atoms with E-state index in [0.29, 0.717) is 6.54 Å². The first-order chi connectivity index (χ1) is 22.8. The second-order valence-corrected chi connectivity index (χ2v) is 15.7. The third kappa shape index (κ3) is 10.7. The molecule has 1 heterocycles. The Labute approximate surface area is 320 Å². The molecule has 0 aliphatic carbocycles. The van der Waals surface area contributed by atoms with E-state index < -0.39 is 15.8 Å². The number of nitrogens with one attached hydrogen (secondary N) is 1. The molecule has 49 heavy (non-hydrogen) atoms. The molecule has 1 saturated heterocycles. The minimum atomic E-state index is -0.723. The van der Waals surface area contributed by atoms with Crippen LogP contribution in [0.3, 0.4) is 0 Å². The van der Waals surface area contributed by atoms with Crippen molar-refractivity contribution in [1.82, 2.24) is 4.90 Å². The van der Waals surface area contributed by atoms with Crippen LogP contribution in [0.1, 0.15) is 12.8 Å². The van der Waals surface area contributed by atoms with Crippen LogP contribution in [0.25, 0.3) is 16.9 Å². The molecule has 1 N–H and O–H groups in total. The fourth-order valence-electron chi connectivity index (χ4n) is 6.12. The van der Waals surface area contributed by atoms with Crippen molar-refractivity contribution in [2.75, 3.05) is 26.2 Å². The van der Waals surface area contributed by atoms with E-state index in [-0.39, 0.29) is 44.3 Å². The second-order valence-electron chi connectivity index (χ2n) is 11.3. The number of hydrogen-bond acceptors (Lipinski definition) is 1. The number of halogens is 2. The number of rotatable bonds is 9. The quantitative estimate of drug-likeness (QED) is 0.163. The minimum absolute atomic E-state index is 0. The predicted molar refractivity (Wildman–Crippen MR) is 204 cm³/mol. The molecular formula is C42H41Cl2N2P2Ru. The maximum Gasteiger partial charge on any atom is 3.00 e. The van der Waals surface area contributed by atoms with Gasteiger partial charge in [0.25, 0.3) is 0 Å². The Hall–Kier alpha value is -2.70. The van der Waals surface area contributed by atoms with Gasteiger partial charge in [-0.1, -0.05) is 170 Å². The van der Waals surface area contributed by atoms with Gasteiger partial charge in [0.2, 0.25) is 0 Å². The first kappa shape index (κ1) is 40.7. The van der Waals surface area contributed by atoms with Gasteiger partial charge in [0.1, 0.15) is 0 Å². The van der Waals surface area contributed by atoms with Crippen molar-refractivity contribution >= 4 is 47.7 Å². The van der Waals surface area contributed by atoms with Gasteiger partial charge in [-0.15, -0.1) is 6.54 Å². The molecule has 7 heteroatoms. The summed E-state index contributed by atoms with van der Waals surface area (Å²) in [5.74, 6) is 0. The number of nitrogens with zero attached hydrogens (tertiary/aromatic N) is 1. The first-order valence-electron chi connectivity index (χ1n) is 16.2. The van der Waals surface area contributed by atoms with E-state index in [0.717, 1.165) is 6.54 Å². The van der Waals surface area contributed by atoms with Gasteiger partial charge < -0.3 is 35.4 Å². The van der Waals surface area contributed by atoms with E-state index in [9.17, 15) is 0 Å². The van der Waals surface area contributed by atoms with Gasteiger partial charge in [-0.05, 0) is 91.3 Å². The molecule has 0 saturated carbocycles.